The molecule has 2 rings (SSSR count). The zero-order chi connectivity index (χ0) is 25.1. The van der Waals surface area contributed by atoms with Crippen molar-refractivity contribution in [2.24, 2.45) is 5.73 Å². The summed E-state index contributed by atoms with van der Waals surface area (Å²) in [5, 5.41) is 8.00. The number of nitrogens with zero attached hydrogens (tertiary/aromatic N) is 2. The number of amides is 4. The molecule has 2 heterocycles. The first-order chi connectivity index (χ1) is 16.2. The van der Waals surface area contributed by atoms with Crippen LogP contribution in [-0.2, 0) is 0 Å². The van der Waals surface area contributed by atoms with E-state index in [-0.39, 0.29) is 35.2 Å². The summed E-state index contributed by atoms with van der Waals surface area (Å²) in [5.41, 5.74) is 7.47. The molecule has 0 aliphatic carbocycles. The van der Waals surface area contributed by atoms with Crippen LogP contribution in [0.4, 0.5) is 0 Å². The molecule has 0 atom stereocenters. The van der Waals surface area contributed by atoms with Gasteiger partial charge in [-0.25, -0.2) is 9.97 Å². The van der Waals surface area contributed by atoms with Crippen molar-refractivity contribution in [3.63, 3.8) is 0 Å². The van der Waals surface area contributed by atoms with Gasteiger partial charge in [0.05, 0.1) is 0 Å². The SMILES string of the molecule is CC/C(=C\C=C(/C)CNC(=O)c1cccc(C(=O)NC)n1)CNC(=O)c1cccc(C(N)=O)n1. The summed E-state index contributed by atoms with van der Waals surface area (Å²) in [7, 11) is 1.49. The number of carbonyl (C=O) groups excluding carboxylic acids is 4. The summed E-state index contributed by atoms with van der Waals surface area (Å²) in [6.07, 6.45) is 4.42. The number of hydrogen-bond donors (Lipinski definition) is 4. The van der Waals surface area contributed by atoms with E-state index in [0.717, 1.165) is 11.1 Å². The maximum atomic E-state index is 12.4. The topological polar surface area (TPSA) is 156 Å². The van der Waals surface area contributed by atoms with Crippen molar-refractivity contribution in [2.45, 2.75) is 20.3 Å². The zero-order valence-corrected chi connectivity index (χ0v) is 19.3. The minimum absolute atomic E-state index is 0.0232. The largest absolute Gasteiger partial charge is 0.364 e. The van der Waals surface area contributed by atoms with Crippen molar-refractivity contribution in [1.29, 1.82) is 0 Å². The number of hydrogen-bond acceptors (Lipinski definition) is 6. The number of rotatable bonds is 10. The Morgan fingerprint density at radius 3 is 1.85 bits per heavy atom. The van der Waals surface area contributed by atoms with E-state index >= 15 is 0 Å². The van der Waals surface area contributed by atoms with Gasteiger partial charge in [0.1, 0.15) is 22.8 Å². The van der Waals surface area contributed by atoms with Crippen LogP contribution in [0.15, 0.2) is 59.7 Å². The molecule has 34 heavy (non-hydrogen) atoms. The van der Waals surface area contributed by atoms with E-state index in [0.29, 0.717) is 13.0 Å². The fraction of sp³-hybridized carbons (Fsp3) is 0.250. The molecule has 2 aromatic heterocycles. The molecule has 178 valence electrons. The van der Waals surface area contributed by atoms with E-state index in [9.17, 15) is 19.2 Å². The summed E-state index contributed by atoms with van der Waals surface area (Å²) < 4.78 is 0. The number of aromatic nitrogens is 2. The van der Waals surface area contributed by atoms with E-state index in [1.165, 1.54) is 31.3 Å². The van der Waals surface area contributed by atoms with Crippen LogP contribution in [0, 0.1) is 0 Å². The van der Waals surface area contributed by atoms with Crippen LogP contribution in [0.1, 0.15) is 62.2 Å². The number of primary amides is 1. The Balaban J connectivity index is 1.93. The Morgan fingerprint density at radius 2 is 1.32 bits per heavy atom. The van der Waals surface area contributed by atoms with E-state index in [4.69, 9.17) is 5.73 Å². The highest BCUT2D eigenvalue weighted by Crippen LogP contribution is 2.05. The summed E-state index contributed by atoms with van der Waals surface area (Å²) in [4.78, 5) is 55.6. The smallest absolute Gasteiger partial charge is 0.270 e. The predicted molar refractivity (Wildman–Crippen MR) is 127 cm³/mol. The third kappa shape index (κ3) is 7.66. The van der Waals surface area contributed by atoms with Gasteiger partial charge in [-0.15, -0.1) is 0 Å². The van der Waals surface area contributed by atoms with Gasteiger partial charge >= 0.3 is 0 Å². The molecular formula is C24H28N6O4. The van der Waals surface area contributed by atoms with E-state index < -0.39 is 17.7 Å². The number of allylic oxidation sites excluding steroid dienone is 2. The molecule has 0 radical (unpaired) electrons. The van der Waals surface area contributed by atoms with E-state index in [2.05, 4.69) is 25.9 Å². The number of pyridine rings is 2. The standard InChI is InChI=1S/C24H28N6O4/c1-4-16(14-28-24(34)19-9-5-7-17(29-19)21(25)31)12-11-15(2)13-27-23(33)20-10-6-8-18(30-20)22(32)26-3/h5-12H,4,13-14H2,1-3H3,(H2,25,31)(H,26,32)(H,27,33)(H,28,34)/b15-11+,16-12+. The molecule has 0 aliphatic rings. The summed E-state index contributed by atoms with van der Waals surface area (Å²) in [6, 6.07) is 9.15. The van der Waals surface area contributed by atoms with Gasteiger partial charge in [-0.1, -0.05) is 42.4 Å². The molecular weight excluding hydrogens is 436 g/mol. The van der Waals surface area contributed by atoms with Gasteiger partial charge < -0.3 is 21.7 Å². The first kappa shape index (κ1) is 25.9. The highest BCUT2D eigenvalue weighted by molar-refractivity contribution is 5.96. The van der Waals surface area contributed by atoms with Crippen molar-refractivity contribution in [1.82, 2.24) is 25.9 Å². The van der Waals surface area contributed by atoms with Crippen molar-refractivity contribution in [2.75, 3.05) is 20.1 Å². The number of carbonyl (C=O) groups is 4. The van der Waals surface area contributed by atoms with Gasteiger partial charge in [-0.05, 0) is 37.6 Å². The lowest BCUT2D eigenvalue weighted by molar-refractivity contribution is 0.0937. The lowest BCUT2D eigenvalue weighted by Gasteiger charge is -2.08. The van der Waals surface area contributed by atoms with Crippen LogP contribution in [0.5, 0.6) is 0 Å². The number of nitrogens with two attached hydrogens (primary N) is 1. The second-order valence-electron chi connectivity index (χ2n) is 7.32. The lowest BCUT2D eigenvalue weighted by atomic mass is 10.1. The molecule has 0 saturated heterocycles. The first-order valence-corrected chi connectivity index (χ1v) is 10.6. The van der Waals surface area contributed by atoms with Crippen LogP contribution in [0.25, 0.3) is 0 Å². The molecule has 0 aromatic carbocycles. The monoisotopic (exact) mass is 464 g/mol. The van der Waals surface area contributed by atoms with Gasteiger partial charge in [-0.2, -0.15) is 0 Å². The minimum Gasteiger partial charge on any atom is -0.364 e. The molecule has 0 unspecified atom stereocenters. The van der Waals surface area contributed by atoms with Crippen molar-refractivity contribution in [3.05, 3.63) is 82.5 Å². The van der Waals surface area contributed by atoms with Crippen LogP contribution >= 0.6 is 0 Å². The Kier molecular flexibility index (Phi) is 9.63. The van der Waals surface area contributed by atoms with Gasteiger partial charge in [0.25, 0.3) is 23.6 Å². The Bertz CT molecular complexity index is 1140. The quantitative estimate of drug-likeness (QED) is 0.389. The first-order valence-electron chi connectivity index (χ1n) is 10.6. The highest BCUT2D eigenvalue weighted by atomic mass is 16.2. The molecule has 10 heteroatoms. The van der Waals surface area contributed by atoms with Crippen molar-refractivity contribution < 1.29 is 19.2 Å². The lowest BCUT2D eigenvalue weighted by Crippen LogP contribution is -2.27. The molecule has 0 fully saturated rings. The third-order valence-electron chi connectivity index (χ3n) is 4.74. The van der Waals surface area contributed by atoms with Crippen LogP contribution in [-0.4, -0.2) is 53.7 Å². The highest BCUT2D eigenvalue weighted by Gasteiger charge is 2.12. The summed E-state index contributed by atoms with van der Waals surface area (Å²) >= 11 is 0. The molecule has 4 amide bonds. The molecule has 0 spiro atoms. The fourth-order valence-corrected chi connectivity index (χ4v) is 2.73. The van der Waals surface area contributed by atoms with Gasteiger partial charge in [0.15, 0.2) is 0 Å². The zero-order valence-electron chi connectivity index (χ0n) is 19.3. The summed E-state index contributed by atoms with van der Waals surface area (Å²) in [6.45, 7) is 4.40. The molecule has 10 nitrogen and oxygen atoms in total. The van der Waals surface area contributed by atoms with Crippen molar-refractivity contribution >= 4 is 23.6 Å². The molecule has 0 saturated carbocycles. The third-order valence-corrected chi connectivity index (χ3v) is 4.74. The maximum absolute atomic E-state index is 12.4. The van der Waals surface area contributed by atoms with Crippen molar-refractivity contribution in [3.8, 4) is 0 Å². The molecule has 2 aromatic rings. The number of nitrogens with one attached hydrogen (secondary N) is 3. The second-order valence-corrected chi connectivity index (χ2v) is 7.32. The van der Waals surface area contributed by atoms with Crippen LogP contribution in [0.2, 0.25) is 0 Å². The minimum atomic E-state index is -0.702. The van der Waals surface area contributed by atoms with Gasteiger partial charge in [0.2, 0.25) is 0 Å². The average Bonchev–Trinajstić information content (AvgIpc) is 2.86. The normalized spacial score (nSPS) is 11.5. The average molecular weight is 465 g/mol. The predicted octanol–water partition coefficient (Wildman–Crippen LogP) is 1.38. The van der Waals surface area contributed by atoms with Crippen LogP contribution < -0.4 is 21.7 Å². The van der Waals surface area contributed by atoms with Crippen LogP contribution in [0.3, 0.4) is 0 Å². The Hall–Kier alpha value is -4.34. The van der Waals surface area contributed by atoms with Gasteiger partial charge in [-0.3, -0.25) is 19.2 Å². The summed E-state index contributed by atoms with van der Waals surface area (Å²) in [5.74, 6) is -1.88. The van der Waals surface area contributed by atoms with E-state index in [1.807, 2.05) is 26.0 Å². The molecule has 5 N–H and O–H groups in total. The fourth-order valence-electron chi connectivity index (χ4n) is 2.73. The Labute approximate surface area is 197 Å². The second kappa shape index (κ2) is 12.6. The van der Waals surface area contributed by atoms with Gasteiger partial charge in [0, 0.05) is 20.1 Å². The Morgan fingerprint density at radius 1 is 0.824 bits per heavy atom. The molecule has 0 aliphatic heterocycles. The van der Waals surface area contributed by atoms with E-state index in [1.54, 1.807) is 12.1 Å². The maximum Gasteiger partial charge on any atom is 0.270 e. The molecule has 0 bridgehead atoms.